The Labute approximate surface area is 285 Å². The molecular weight excluding hydrogens is 580 g/mol. The van der Waals surface area contributed by atoms with Crippen LogP contribution in [0.2, 0.25) is 0 Å². The minimum absolute atomic E-state index is 0.0661. The maximum Gasteiger partial charge on any atom is 0.253 e. The van der Waals surface area contributed by atoms with E-state index in [1.54, 1.807) is 6.20 Å². The number of piperidine rings is 2. The summed E-state index contributed by atoms with van der Waals surface area (Å²) in [6.07, 6.45) is 21.2. The van der Waals surface area contributed by atoms with E-state index in [2.05, 4.69) is 67.2 Å². The van der Waals surface area contributed by atoms with Gasteiger partial charge in [-0.3, -0.25) is 9.78 Å². The number of unbranched alkanes of at least 4 members (excludes halogenated alkanes) is 1. The molecule has 0 radical (unpaired) electrons. The molecule has 1 aromatic carbocycles. The largest absolute Gasteiger partial charge is 0.362 e. The lowest BCUT2D eigenvalue weighted by atomic mass is 9.69. The first kappa shape index (κ1) is 37.7. The van der Waals surface area contributed by atoms with Gasteiger partial charge in [0.05, 0.1) is 5.71 Å². The predicted octanol–water partition coefficient (Wildman–Crippen LogP) is 9.44. The van der Waals surface area contributed by atoms with Crippen molar-refractivity contribution in [3.63, 3.8) is 0 Å². The normalized spacial score (nSPS) is 17.8. The van der Waals surface area contributed by atoms with E-state index in [0.29, 0.717) is 5.92 Å². The molecule has 0 bridgehead atoms. The lowest BCUT2D eigenvalue weighted by molar-refractivity contribution is 0.0590. The maximum atomic E-state index is 13.1. The monoisotopic (exact) mass is 638 g/mol. The molecule has 2 aliphatic heterocycles. The number of allylic oxidation sites excluding steroid dienone is 6. The molecule has 1 amide bonds. The Morgan fingerprint density at radius 1 is 1.06 bits per heavy atom. The molecule has 2 aromatic rings. The molecule has 0 aliphatic carbocycles. The number of hydrogen-bond acceptors (Lipinski definition) is 5. The van der Waals surface area contributed by atoms with Crippen LogP contribution in [-0.2, 0) is 11.3 Å². The standard InChI is InChI=1S/C37H50N4O2.C4H8/c1-5-8-16-35(43-39-30(4)28-31-13-12-22-38-29-31)32-17-23-40(24-18-32)25-19-37(34(6-2)7-3)20-26-41(27-21-37)36(42)33-14-10-9-11-15-33;1-3-4-2/h6-7,9-16,22,29,32H,2,5,8,17-21,23-28H2,1,3-4H3;3H,1,4H2,2H3/b34-7+,35-16+,39-30+;. The second-order valence-electron chi connectivity index (χ2n) is 12.8. The number of aromatic nitrogens is 1. The molecule has 0 N–H and O–H groups in total. The molecule has 1 aromatic heterocycles. The average molecular weight is 639 g/mol. The fourth-order valence-electron chi connectivity index (χ4n) is 6.56. The first-order chi connectivity index (χ1) is 22.9. The summed E-state index contributed by atoms with van der Waals surface area (Å²) in [6.45, 7) is 20.8. The number of oxime groups is 1. The zero-order valence-electron chi connectivity index (χ0n) is 29.5. The van der Waals surface area contributed by atoms with Crippen LogP contribution < -0.4 is 0 Å². The topological polar surface area (TPSA) is 58.0 Å². The second kappa shape index (κ2) is 20.5. The molecule has 6 nitrogen and oxygen atoms in total. The Bertz CT molecular complexity index is 1320. The summed E-state index contributed by atoms with van der Waals surface area (Å²) in [4.78, 5) is 28.1. The van der Waals surface area contributed by atoms with Gasteiger partial charge in [0.25, 0.3) is 5.91 Å². The smallest absolute Gasteiger partial charge is 0.253 e. The van der Waals surface area contributed by atoms with E-state index >= 15 is 0 Å². The molecule has 6 heteroatoms. The van der Waals surface area contributed by atoms with Crippen molar-refractivity contribution in [1.29, 1.82) is 0 Å². The van der Waals surface area contributed by atoms with Gasteiger partial charge in [-0.25, -0.2) is 0 Å². The Kier molecular flexibility index (Phi) is 16.4. The van der Waals surface area contributed by atoms with E-state index in [1.165, 1.54) is 5.57 Å². The molecule has 254 valence electrons. The van der Waals surface area contributed by atoms with E-state index < -0.39 is 0 Å². The zero-order chi connectivity index (χ0) is 33.9. The number of carbonyl (C=O) groups excluding carboxylic acids is 1. The van der Waals surface area contributed by atoms with Crippen LogP contribution >= 0.6 is 0 Å². The molecule has 47 heavy (non-hydrogen) atoms. The van der Waals surface area contributed by atoms with Gasteiger partial charge >= 0.3 is 0 Å². The summed E-state index contributed by atoms with van der Waals surface area (Å²) in [5.41, 5.74) is 4.27. The van der Waals surface area contributed by atoms with Crippen LogP contribution in [0.4, 0.5) is 0 Å². The van der Waals surface area contributed by atoms with Crippen molar-refractivity contribution in [1.82, 2.24) is 14.8 Å². The van der Waals surface area contributed by atoms with Gasteiger partial charge < -0.3 is 14.6 Å². The molecule has 2 fully saturated rings. The van der Waals surface area contributed by atoms with Crippen LogP contribution in [0, 0.1) is 11.3 Å². The average Bonchev–Trinajstić information content (AvgIpc) is 3.12. The molecule has 3 heterocycles. The SMILES string of the molecule is C=C/C(=C\C)C1(CCN2CCC(/C(=C\CCC)O/N=C(\C)Cc3cccnc3)CC2)CCN(C(=O)c2ccccc2)CC1.C=CCC. The summed E-state index contributed by atoms with van der Waals surface area (Å²) < 4.78 is 0. The van der Waals surface area contributed by atoms with Gasteiger partial charge in [0, 0.05) is 43.4 Å². The summed E-state index contributed by atoms with van der Waals surface area (Å²) >= 11 is 0. The third kappa shape index (κ3) is 11.8. The van der Waals surface area contributed by atoms with Crippen LogP contribution in [0.3, 0.4) is 0 Å². The van der Waals surface area contributed by atoms with Crippen LogP contribution in [0.1, 0.15) is 95.0 Å². The fourth-order valence-corrected chi connectivity index (χ4v) is 6.56. The van der Waals surface area contributed by atoms with Gasteiger partial charge in [-0.2, -0.15) is 0 Å². The highest BCUT2D eigenvalue weighted by molar-refractivity contribution is 5.94. The highest BCUT2D eigenvalue weighted by atomic mass is 16.6. The molecule has 0 saturated carbocycles. The van der Waals surface area contributed by atoms with Crippen LogP contribution in [-0.4, -0.2) is 59.1 Å². The van der Waals surface area contributed by atoms with Gasteiger partial charge in [0.15, 0.2) is 0 Å². The summed E-state index contributed by atoms with van der Waals surface area (Å²) in [6, 6.07) is 13.7. The first-order valence-corrected chi connectivity index (χ1v) is 17.7. The summed E-state index contributed by atoms with van der Waals surface area (Å²) in [5.74, 6) is 1.57. The minimum Gasteiger partial charge on any atom is -0.362 e. The van der Waals surface area contributed by atoms with E-state index in [0.717, 1.165) is 113 Å². The Morgan fingerprint density at radius 2 is 1.77 bits per heavy atom. The van der Waals surface area contributed by atoms with Crippen molar-refractivity contribution in [3.05, 3.63) is 115 Å². The number of amides is 1. The predicted molar refractivity (Wildman–Crippen MR) is 197 cm³/mol. The lowest BCUT2D eigenvalue weighted by Crippen LogP contribution is -2.45. The number of rotatable bonds is 14. The quantitative estimate of drug-likeness (QED) is 0.0680. The molecule has 0 atom stereocenters. The molecule has 0 unspecified atom stereocenters. The van der Waals surface area contributed by atoms with Crippen molar-refractivity contribution in [2.24, 2.45) is 16.5 Å². The Morgan fingerprint density at radius 3 is 2.34 bits per heavy atom. The van der Waals surface area contributed by atoms with Crippen LogP contribution in [0.25, 0.3) is 0 Å². The van der Waals surface area contributed by atoms with E-state index in [4.69, 9.17) is 4.84 Å². The maximum absolute atomic E-state index is 13.1. The number of nitrogens with zero attached hydrogens (tertiary/aromatic N) is 4. The highest BCUT2D eigenvalue weighted by Crippen LogP contribution is 2.43. The van der Waals surface area contributed by atoms with Crippen molar-refractivity contribution >= 4 is 11.6 Å². The molecular formula is C41H58N4O2. The summed E-state index contributed by atoms with van der Waals surface area (Å²) in [7, 11) is 0. The minimum atomic E-state index is 0.0661. The lowest BCUT2D eigenvalue weighted by Gasteiger charge is -2.44. The van der Waals surface area contributed by atoms with Crippen molar-refractivity contribution in [3.8, 4) is 0 Å². The zero-order valence-corrected chi connectivity index (χ0v) is 29.5. The van der Waals surface area contributed by atoms with Crippen molar-refractivity contribution in [2.45, 2.75) is 85.5 Å². The van der Waals surface area contributed by atoms with Gasteiger partial charge in [-0.15, -0.1) is 6.58 Å². The van der Waals surface area contributed by atoms with Gasteiger partial charge in [-0.05, 0) is 119 Å². The number of likely N-dealkylation sites (tertiary alicyclic amines) is 2. The van der Waals surface area contributed by atoms with E-state index in [1.807, 2.05) is 66.6 Å². The number of benzene rings is 1. The van der Waals surface area contributed by atoms with Crippen molar-refractivity contribution < 1.29 is 9.63 Å². The molecule has 4 rings (SSSR count). The highest BCUT2D eigenvalue weighted by Gasteiger charge is 2.38. The second-order valence-corrected chi connectivity index (χ2v) is 12.8. The summed E-state index contributed by atoms with van der Waals surface area (Å²) in [5, 5.41) is 4.51. The third-order valence-electron chi connectivity index (χ3n) is 9.48. The molecule has 0 spiro atoms. The van der Waals surface area contributed by atoms with E-state index in [9.17, 15) is 4.79 Å². The number of pyridine rings is 1. The molecule has 2 aliphatic rings. The third-order valence-corrected chi connectivity index (χ3v) is 9.48. The number of carbonyl (C=O) groups is 1. The van der Waals surface area contributed by atoms with Crippen LogP contribution in [0.15, 0.2) is 109 Å². The Hall–Kier alpha value is -3.77. The fraction of sp³-hybridized carbons (Fsp3) is 0.488. The van der Waals surface area contributed by atoms with Gasteiger partial charge in [0.1, 0.15) is 5.76 Å². The van der Waals surface area contributed by atoms with E-state index in [-0.39, 0.29) is 11.3 Å². The number of hydrogen-bond donors (Lipinski definition) is 0. The van der Waals surface area contributed by atoms with Gasteiger partial charge in [-0.1, -0.05) is 74.5 Å². The Balaban J connectivity index is 0.00000142. The van der Waals surface area contributed by atoms with Crippen molar-refractivity contribution in [2.75, 3.05) is 32.7 Å². The van der Waals surface area contributed by atoms with Gasteiger partial charge in [0.2, 0.25) is 0 Å². The molecule has 2 saturated heterocycles. The first-order valence-electron chi connectivity index (χ1n) is 17.7. The van der Waals surface area contributed by atoms with Crippen LogP contribution in [0.5, 0.6) is 0 Å².